The van der Waals surface area contributed by atoms with Gasteiger partial charge in [-0.2, -0.15) is 0 Å². The molecule has 0 bridgehead atoms. The van der Waals surface area contributed by atoms with E-state index >= 15 is 0 Å². The molecule has 1 saturated carbocycles. The van der Waals surface area contributed by atoms with Crippen molar-refractivity contribution in [3.8, 4) is 11.1 Å². The third-order valence-electron chi connectivity index (χ3n) is 6.47. The minimum absolute atomic E-state index is 0.0506. The molecule has 3 N–H and O–H groups in total. The second-order valence-electron chi connectivity index (χ2n) is 9.28. The molecule has 0 heterocycles. The van der Waals surface area contributed by atoms with E-state index in [1.165, 1.54) is 0 Å². The number of amides is 2. The summed E-state index contributed by atoms with van der Waals surface area (Å²) in [5.74, 6) is -1.69. The Morgan fingerprint density at radius 3 is 2.12 bits per heavy atom. The van der Waals surface area contributed by atoms with Crippen molar-refractivity contribution in [3.05, 3.63) is 59.7 Å². The van der Waals surface area contributed by atoms with E-state index in [-0.39, 0.29) is 18.4 Å². The van der Waals surface area contributed by atoms with Crippen molar-refractivity contribution in [1.29, 1.82) is 0 Å². The van der Waals surface area contributed by atoms with Crippen molar-refractivity contribution in [3.63, 3.8) is 0 Å². The average molecular weight is 466 g/mol. The molecule has 2 atom stereocenters. The summed E-state index contributed by atoms with van der Waals surface area (Å²) in [6, 6.07) is 14.3. The van der Waals surface area contributed by atoms with Crippen LogP contribution in [0.5, 0.6) is 0 Å². The van der Waals surface area contributed by atoms with Crippen LogP contribution in [-0.4, -0.2) is 67.3 Å². The van der Waals surface area contributed by atoms with Gasteiger partial charge in [0.25, 0.3) is 0 Å². The number of nitrogens with one attached hydrogen (secondary N) is 2. The van der Waals surface area contributed by atoms with Crippen LogP contribution in [0.4, 0.5) is 4.79 Å². The van der Waals surface area contributed by atoms with Crippen LogP contribution in [0.2, 0.25) is 0 Å². The summed E-state index contributed by atoms with van der Waals surface area (Å²) in [5, 5.41) is 14.7. The van der Waals surface area contributed by atoms with E-state index in [2.05, 4.69) is 22.8 Å². The number of alkyl carbamates (subject to hydrolysis) is 1. The van der Waals surface area contributed by atoms with Crippen LogP contribution in [0.15, 0.2) is 48.5 Å². The van der Waals surface area contributed by atoms with Crippen LogP contribution in [0.3, 0.4) is 0 Å². The molecule has 2 unspecified atom stereocenters. The minimum atomic E-state index is -1.05. The van der Waals surface area contributed by atoms with Crippen LogP contribution < -0.4 is 10.6 Å². The molecule has 2 aliphatic rings. The summed E-state index contributed by atoms with van der Waals surface area (Å²) < 4.78 is 5.58. The number of hydrogen-bond acceptors (Lipinski definition) is 5. The molecule has 0 aliphatic heterocycles. The zero-order valence-corrected chi connectivity index (χ0v) is 19.5. The maximum atomic E-state index is 12.9. The van der Waals surface area contributed by atoms with E-state index in [1.807, 2.05) is 55.4 Å². The largest absolute Gasteiger partial charge is 0.480 e. The molecular weight excluding hydrogens is 434 g/mol. The van der Waals surface area contributed by atoms with Crippen molar-refractivity contribution in [2.75, 3.05) is 27.2 Å². The lowest BCUT2D eigenvalue weighted by molar-refractivity contribution is -0.142. The Hall–Kier alpha value is -3.39. The second kappa shape index (κ2) is 10.3. The summed E-state index contributed by atoms with van der Waals surface area (Å²) in [4.78, 5) is 39.0. The normalized spacial score (nSPS) is 16.3. The minimum Gasteiger partial charge on any atom is -0.480 e. The van der Waals surface area contributed by atoms with E-state index in [1.54, 1.807) is 0 Å². The van der Waals surface area contributed by atoms with E-state index in [9.17, 15) is 19.5 Å². The van der Waals surface area contributed by atoms with E-state index < -0.39 is 30.1 Å². The molecule has 180 valence electrons. The van der Waals surface area contributed by atoms with E-state index in [0.29, 0.717) is 13.0 Å². The van der Waals surface area contributed by atoms with Gasteiger partial charge in [0.05, 0.1) is 0 Å². The summed E-state index contributed by atoms with van der Waals surface area (Å²) in [6.07, 6.45) is 1.19. The number of rotatable bonds is 10. The number of nitrogens with zero attached hydrogens (tertiary/aromatic N) is 1. The van der Waals surface area contributed by atoms with Gasteiger partial charge >= 0.3 is 12.1 Å². The average Bonchev–Trinajstić information content (AvgIpc) is 3.60. The Bertz CT molecular complexity index is 1020. The first-order chi connectivity index (χ1) is 16.3. The van der Waals surface area contributed by atoms with Crippen molar-refractivity contribution in [2.24, 2.45) is 5.92 Å². The number of carboxylic acid groups (broad SMARTS) is 1. The SMILES string of the molecule is CN(C)CCC(NC(=O)OCC1c2ccccc2-c2ccccc21)C(=O)NC(C(=O)O)C1CC1. The molecule has 2 amide bonds. The molecule has 1 fully saturated rings. The lowest BCUT2D eigenvalue weighted by Gasteiger charge is -2.23. The number of fused-ring (bicyclic) bond motifs is 3. The van der Waals surface area contributed by atoms with Gasteiger partial charge in [-0.05, 0) is 68.1 Å². The predicted molar refractivity (Wildman–Crippen MR) is 127 cm³/mol. The predicted octanol–water partition coefficient (Wildman–Crippen LogP) is 2.82. The fourth-order valence-corrected chi connectivity index (χ4v) is 4.50. The number of aliphatic carboxylic acids is 1. The fraction of sp³-hybridized carbons (Fsp3) is 0.423. The zero-order valence-electron chi connectivity index (χ0n) is 19.5. The number of ether oxygens (including phenoxy) is 1. The first-order valence-electron chi connectivity index (χ1n) is 11.6. The summed E-state index contributed by atoms with van der Waals surface area (Å²) >= 11 is 0. The monoisotopic (exact) mass is 465 g/mol. The van der Waals surface area contributed by atoms with E-state index in [4.69, 9.17) is 4.74 Å². The van der Waals surface area contributed by atoms with Gasteiger partial charge in [0.2, 0.25) is 5.91 Å². The van der Waals surface area contributed by atoms with E-state index in [0.717, 1.165) is 35.1 Å². The van der Waals surface area contributed by atoms with Crippen molar-refractivity contribution in [2.45, 2.75) is 37.3 Å². The molecule has 8 heteroatoms. The molecule has 2 aliphatic carbocycles. The highest BCUT2D eigenvalue weighted by molar-refractivity contribution is 5.89. The lowest BCUT2D eigenvalue weighted by atomic mass is 9.98. The Labute approximate surface area is 199 Å². The fourth-order valence-electron chi connectivity index (χ4n) is 4.50. The smallest absolute Gasteiger partial charge is 0.407 e. The maximum Gasteiger partial charge on any atom is 0.407 e. The van der Waals surface area contributed by atoms with Gasteiger partial charge < -0.3 is 25.4 Å². The van der Waals surface area contributed by atoms with Gasteiger partial charge in [0.1, 0.15) is 18.7 Å². The molecule has 0 aromatic heterocycles. The highest BCUT2D eigenvalue weighted by Crippen LogP contribution is 2.44. The first kappa shape index (κ1) is 23.8. The molecule has 34 heavy (non-hydrogen) atoms. The van der Waals surface area contributed by atoms with Crippen LogP contribution in [-0.2, 0) is 14.3 Å². The molecule has 4 rings (SSSR count). The molecule has 0 saturated heterocycles. The highest BCUT2D eigenvalue weighted by Gasteiger charge is 2.38. The highest BCUT2D eigenvalue weighted by atomic mass is 16.5. The van der Waals surface area contributed by atoms with Gasteiger partial charge in [-0.1, -0.05) is 48.5 Å². The summed E-state index contributed by atoms with van der Waals surface area (Å²) in [6.45, 7) is 0.685. The topological polar surface area (TPSA) is 108 Å². The van der Waals surface area contributed by atoms with Gasteiger partial charge in [-0.15, -0.1) is 0 Å². The van der Waals surface area contributed by atoms with Crippen LogP contribution in [0, 0.1) is 5.92 Å². The van der Waals surface area contributed by atoms with Crippen molar-refractivity contribution >= 4 is 18.0 Å². The Morgan fingerprint density at radius 1 is 1.00 bits per heavy atom. The molecular formula is C26H31N3O5. The Kier molecular flexibility index (Phi) is 7.17. The quantitative estimate of drug-likeness (QED) is 0.498. The molecule has 0 spiro atoms. The number of carbonyl (C=O) groups excluding carboxylic acids is 2. The van der Waals surface area contributed by atoms with Gasteiger partial charge in [0.15, 0.2) is 0 Å². The molecule has 0 radical (unpaired) electrons. The number of hydrogen-bond donors (Lipinski definition) is 3. The van der Waals surface area contributed by atoms with Gasteiger partial charge in [0, 0.05) is 5.92 Å². The lowest BCUT2D eigenvalue weighted by Crippen LogP contribution is -2.53. The van der Waals surface area contributed by atoms with Crippen molar-refractivity contribution < 1.29 is 24.2 Å². The van der Waals surface area contributed by atoms with Crippen LogP contribution in [0.1, 0.15) is 36.3 Å². The third-order valence-corrected chi connectivity index (χ3v) is 6.47. The maximum absolute atomic E-state index is 12.9. The van der Waals surface area contributed by atoms with Gasteiger partial charge in [-0.25, -0.2) is 9.59 Å². The Morgan fingerprint density at radius 2 is 1.59 bits per heavy atom. The standard InChI is InChI=1S/C26H31N3O5/c1-29(2)14-13-22(24(30)28-23(25(31)32)16-11-12-16)27-26(33)34-15-21-19-9-5-3-7-17(19)18-8-4-6-10-20(18)21/h3-10,16,21-23H,11-15H2,1-2H3,(H,27,33)(H,28,30)(H,31,32). The Balaban J connectivity index is 1.41. The van der Waals surface area contributed by atoms with Crippen molar-refractivity contribution in [1.82, 2.24) is 15.5 Å². The van der Waals surface area contributed by atoms with Crippen LogP contribution in [0.25, 0.3) is 11.1 Å². The number of benzene rings is 2. The summed E-state index contributed by atoms with van der Waals surface area (Å²) in [5.41, 5.74) is 4.48. The van der Waals surface area contributed by atoms with Crippen LogP contribution >= 0.6 is 0 Å². The zero-order chi connectivity index (χ0) is 24.2. The first-order valence-corrected chi connectivity index (χ1v) is 11.6. The third kappa shape index (κ3) is 5.39. The molecule has 2 aromatic carbocycles. The second-order valence-corrected chi connectivity index (χ2v) is 9.28. The number of carbonyl (C=O) groups is 3. The molecule has 8 nitrogen and oxygen atoms in total. The summed E-state index contributed by atoms with van der Waals surface area (Å²) in [7, 11) is 3.74. The number of carboxylic acids is 1. The molecule has 2 aromatic rings. The van der Waals surface area contributed by atoms with Gasteiger partial charge in [-0.3, -0.25) is 4.79 Å².